The van der Waals surface area contributed by atoms with Gasteiger partial charge >= 0.3 is 0 Å². The first-order valence-corrected chi connectivity index (χ1v) is 7.08. The molecule has 108 valence electrons. The van der Waals surface area contributed by atoms with Gasteiger partial charge in [0, 0.05) is 30.6 Å². The van der Waals surface area contributed by atoms with Crippen LogP contribution in [0.4, 0.5) is 11.4 Å². The van der Waals surface area contributed by atoms with Crippen molar-refractivity contribution in [2.24, 2.45) is 4.99 Å². The van der Waals surface area contributed by atoms with E-state index >= 15 is 0 Å². The fraction of sp³-hybridized carbons (Fsp3) is 0.235. The van der Waals surface area contributed by atoms with E-state index in [0.717, 1.165) is 37.6 Å². The summed E-state index contributed by atoms with van der Waals surface area (Å²) in [4.78, 5) is 6.70. The molecule has 1 saturated heterocycles. The number of ether oxygens (including phenoxy) is 1. The maximum atomic E-state index is 9.69. The van der Waals surface area contributed by atoms with Crippen LogP contribution in [0, 0.1) is 0 Å². The van der Waals surface area contributed by atoms with Gasteiger partial charge in [-0.1, -0.05) is 12.1 Å². The Morgan fingerprint density at radius 2 is 1.71 bits per heavy atom. The second kappa shape index (κ2) is 6.41. The zero-order chi connectivity index (χ0) is 14.5. The third-order valence-corrected chi connectivity index (χ3v) is 3.52. The second-order valence-corrected chi connectivity index (χ2v) is 4.93. The van der Waals surface area contributed by atoms with Gasteiger partial charge in [-0.15, -0.1) is 0 Å². The monoisotopic (exact) mass is 282 g/mol. The number of hydrogen-bond acceptors (Lipinski definition) is 4. The van der Waals surface area contributed by atoms with Crippen molar-refractivity contribution >= 4 is 17.6 Å². The summed E-state index contributed by atoms with van der Waals surface area (Å²) in [6, 6.07) is 15.3. The number of phenolic OH excluding ortho intramolecular Hbond substituents is 1. The fourth-order valence-electron chi connectivity index (χ4n) is 2.31. The molecule has 1 fully saturated rings. The molecule has 1 aliphatic heterocycles. The number of aliphatic imine (C=N–C) groups is 1. The summed E-state index contributed by atoms with van der Waals surface area (Å²) in [5.41, 5.74) is 2.78. The molecule has 0 atom stereocenters. The zero-order valence-electron chi connectivity index (χ0n) is 11.8. The van der Waals surface area contributed by atoms with Gasteiger partial charge in [-0.3, -0.25) is 4.99 Å². The molecule has 3 rings (SSSR count). The summed E-state index contributed by atoms with van der Waals surface area (Å²) in [5, 5.41) is 9.69. The lowest BCUT2D eigenvalue weighted by atomic mass is 10.2. The minimum Gasteiger partial charge on any atom is -0.507 e. The van der Waals surface area contributed by atoms with Crippen LogP contribution in [0.15, 0.2) is 53.5 Å². The van der Waals surface area contributed by atoms with Crippen LogP contribution in [0.5, 0.6) is 5.75 Å². The van der Waals surface area contributed by atoms with Crippen molar-refractivity contribution in [1.29, 1.82) is 0 Å². The van der Waals surface area contributed by atoms with E-state index in [-0.39, 0.29) is 5.75 Å². The Morgan fingerprint density at radius 1 is 1.00 bits per heavy atom. The average Bonchev–Trinajstić information content (AvgIpc) is 2.55. The third kappa shape index (κ3) is 3.41. The Balaban J connectivity index is 1.71. The molecule has 21 heavy (non-hydrogen) atoms. The Kier molecular flexibility index (Phi) is 4.17. The van der Waals surface area contributed by atoms with Crippen LogP contribution < -0.4 is 4.90 Å². The molecule has 1 aliphatic rings. The highest BCUT2D eigenvalue weighted by Crippen LogP contribution is 2.21. The first-order chi connectivity index (χ1) is 10.3. The molecule has 4 heteroatoms. The van der Waals surface area contributed by atoms with Crippen molar-refractivity contribution in [2.75, 3.05) is 31.2 Å². The van der Waals surface area contributed by atoms with Crippen LogP contribution in [-0.2, 0) is 4.74 Å². The van der Waals surface area contributed by atoms with Gasteiger partial charge in [-0.2, -0.15) is 0 Å². The lowest BCUT2D eigenvalue weighted by Gasteiger charge is -2.28. The van der Waals surface area contributed by atoms with E-state index < -0.39 is 0 Å². The first kappa shape index (κ1) is 13.6. The van der Waals surface area contributed by atoms with E-state index in [0.29, 0.717) is 0 Å². The lowest BCUT2D eigenvalue weighted by molar-refractivity contribution is 0.122. The molecule has 4 nitrogen and oxygen atoms in total. The van der Waals surface area contributed by atoms with Crippen molar-refractivity contribution in [2.45, 2.75) is 0 Å². The molecule has 2 aromatic carbocycles. The number of nitrogens with zero attached hydrogens (tertiary/aromatic N) is 2. The summed E-state index contributed by atoms with van der Waals surface area (Å²) in [7, 11) is 0. The molecule has 0 amide bonds. The quantitative estimate of drug-likeness (QED) is 0.880. The summed E-state index contributed by atoms with van der Waals surface area (Å²) in [5.74, 6) is 0.242. The highest BCUT2D eigenvalue weighted by atomic mass is 16.5. The maximum absolute atomic E-state index is 9.69. The zero-order valence-corrected chi connectivity index (χ0v) is 11.8. The van der Waals surface area contributed by atoms with Gasteiger partial charge in [-0.25, -0.2) is 0 Å². The number of rotatable bonds is 3. The number of morpholine rings is 1. The van der Waals surface area contributed by atoms with Crippen LogP contribution in [0.2, 0.25) is 0 Å². The Labute approximate surface area is 124 Å². The number of aromatic hydroxyl groups is 1. The minimum atomic E-state index is 0.242. The SMILES string of the molecule is Oc1ccccc1C=Nc1ccc(N2CCOCC2)cc1. The average molecular weight is 282 g/mol. The molecule has 1 heterocycles. The summed E-state index contributed by atoms with van der Waals surface area (Å²) in [6.07, 6.45) is 1.68. The summed E-state index contributed by atoms with van der Waals surface area (Å²) >= 11 is 0. The van der Waals surface area contributed by atoms with Crippen LogP contribution in [-0.4, -0.2) is 37.6 Å². The van der Waals surface area contributed by atoms with Gasteiger partial charge in [0.2, 0.25) is 0 Å². The molecule has 0 bridgehead atoms. The predicted molar refractivity (Wildman–Crippen MR) is 84.8 cm³/mol. The fourth-order valence-corrected chi connectivity index (χ4v) is 2.31. The summed E-state index contributed by atoms with van der Waals surface area (Å²) < 4.78 is 5.35. The van der Waals surface area contributed by atoms with Gasteiger partial charge in [0.25, 0.3) is 0 Å². The van der Waals surface area contributed by atoms with Crippen LogP contribution >= 0.6 is 0 Å². The largest absolute Gasteiger partial charge is 0.507 e. The smallest absolute Gasteiger partial charge is 0.124 e. The number of benzene rings is 2. The molecule has 0 saturated carbocycles. The van der Waals surface area contributed by atoms with E-state index in [1.54, 1.807) is 18.3 Å². The van der Waals surface area contributed by atoms with E-state index in [1.807, 2.05) is 24.3 Å². The topological polar surface area (TPSA) is 45.1 Å². The van der Waals surface area contributed by atoms with E-state index in [9.17, 15) is 5.11 Å². The van der Waals surface area contributed by atoms with Crippen molar-refractivity contribution in [3.05, 3.63) is 54.1 Å². The molecule has 1 N–H and O–H groups in total. The van der Waals surface area contributed by atoms with Crippen LogP contribution in [0.3, 0.4) is 0 Å². The summed E-state index contributed by atoms with van der Waals surface area (Å²) in [6.45, 7) is 3.43. The van der Waals surface area contributed by atoms with Crippen molar-refractivity contribution in [1.82, 2.24) is 0 Å². The Hall–Kier alpha value is -2.33. The van der Waals surface area contributed by atoms with E-state index in [2.05, 4.69) is 22.0 Å². The van der Waals surface area contributed by atoms with Gasteiger partial charge in [-0.05, 0) is 36.4 Å². The van der Waals surface area contributed by atoms with Crippen molar-refractivity contribution in [3.63, 3.8) is 0 Å². The molecule has 0 spiro atoms. The van der Waals surface area contributed by atoms with Crippen molar-refractivity contribution in [3.8, 4) is 5.75 Å². The predicted octanol–water partition coefficient (Wildman–Crippen LogP) is 2.98. The van der Waals surface area contributed by atoms with Crippen LogP contribution in [0.25, 0.3) is 0 Å². The van der Waals surface area contributed by atoms with Gasteiger partial charge < -0.3 is 14.7 Å². The molecule has 2 aromatic rings. The Bertz CT molecular complexity index is 617. The molecule has 0 unspecified atom stereocenters. The lowest BCUT2D eigenvalue weighted by Crippen LogP contribution is -2.36. The molecule has 0 aromatic heterocycles. The second-order valence-electron chi connectivity index (χ2n) is 4.93. The normalized spacial score (nSPS) is 15.5. The number of hydrogen-bond donors (Lipinski definition) is 1. The number of phenols is 1. The molecule has 0 aliphatic carbocycles. The molecule has 0 radical (unpaired) electrons. The third-order valence-electron chi connectivity index (χ3n) is 3.52. The van der Waals surface area contributed by atoms with Crippen molar-refractivity contribution < 1.29 is 9.84 Å². The van der Waals surface area contributed by atoms with E-state index in [4.69, 9.17) is 4.74 Å². The Morgan fingerprint density at radius 3 is 2.43 bits per heavy atom. The molecular formula is C17H18N2O2. The standard InChI is InChI=1S/C17H18N2O2/c20-17-4-2-1-3-14(17)13-18-15-5-7-16(8-6-15)19-9-11-21-12-10-19/h1-8,13,20H,9-12H2. The molecular weight excluding hydrogens is 264 g/mol. The number of anilines is 1. The number of para-hydroxylation sites is 1. The minimum absolute atomic E-state index is 0.242. The van der Waals surface area contributed by atoms with Gasteiger partial charge in [0.1, 0.15) is 5.75 Å². The van der Waals surface area contributed by atoms with Gasteiger partial charge in [0.05, 0.1) is 18.9 Å². The van der Waals surface area contributed by atoms with Crippen LogP contribution in [0.1, 0.15) is 5.56 Å². The van der Waals surface area contributed by atoms with E-state index in [1.165, 1.54) is 5.69 Å². The highest BCUT2D eigenvalue weighted by Gasteiger charge is 2.10. The maximum Gasteiger partial charge on any atom is 0.124 e. The first-order valence-electron chi connectivity index (χ1n) is 7.08. The van der Waals surface area contributed by atoms with Gasteiger partial charge in [0.15, 0.2) is 0 Å². The highest BCUT2D eigenvalue weighted by molar-refractivity contribution is 5.85.